The van der Waals surface area contributed by atoms with Crippen molar-refractivity contribution in [1.29, 1.82) is 0 Å². The molecule has 0 amide bonds. The zero-order chi connectivity index (χ0) is 15.9. The average molecular weight is 291 g/mol. The first-order valence-electron chi connectivity index (χ1n) is 8.32. The summed E-state index contributed by atoms with van der Waals surface area (Å²) in [6.07, 6.45) is 4.40. The van der Waals surface area contributed by atoms with Crippen LogP contribution in [0.15, 0.2) is 18.3 Å². The van der Waals surface area contributed by atoms with Crippen molar-refractivity contribution in [2.24, 2.45) is 0 Å². The minimum atomic E-state index is 0.168. The molecule has 1 aromatic rings. The Morgan fingerprint density at radius 1 is 1.19 bits per heavy atom. The van der Waals surface area contributed by atoms with E-state index in [4.69, 9.17) is 0 Å². The number of hydrogen-bond acceptors (Lipinski definition) is 3. The van der Waals surface area contributed by atoms with Crippen LogP contribution in [0.4, 0.5) is 5.82 Å². The summed E-state index contributed by atoms with van der Waals surface area (Å²) in [5.74, 6) is 0.985. The molecule has 0 aliphatic heterocycles. The third-order valence-electron chi connectivity index (χ3n) is 4.03. The lowest BCUT2D eigenvalue weighted by atomic mass is 9.88. The van der Waals surface area contributed by atoms with Gasteiger partial charge >= 0.3 is 0 Å². The Morgan fingerprint density at radius 3 is 2.33 bits per heavy atom. The first kappa shape index (κ1) is 18.0. The summed E-state index contributed by atoms with van der Waals surface area (Å²) in [5.41, 5.74) is 1.45. The van der Waals surface area contributed by atoms with Crippen molar-refractivity contribution in [3.63, 3.8) is 0 Å². The fourth-order valence-electron chi connectivity index (χ4n) is 2.41. The van der Waals surface area contributed by atoms with E-state index < -0.39 is 0 Å². The van der Waals surface area contributed by atoms with E-state index in [2.05, 4.69) is 68.9 Å². The quantitative estimate of drug-likeness (QED) is 0.774. The first-order valence-corrected chi connectivity index (χ1v) is 8.32. The molecule has 1 heterocycles. The molecular formula is C18H33N3. The molecule has 0 saturated heterocycles. The number of anilines is 1. The molecule has 0 aliphatic carbocycles. The minimum absolute atomic E-state index is 0.168. The average Bonchev–Trinajstić information content (AvgIpc) is 2.43. The van der Waals surface area contributed by atoms with Gasteiger partial charge in [-0.1, -0.05) is 40.7 Å². The number of pyridine rings is 1. The normalized spacial score (nSPS) is 13.5. The molecule has 0 aromatic carbocycles. The third kappa shape index (κ3) is 6.47. The highest BCUT2D eigenvalue weighted by Gasteiger charge is 2.13. The molecule has 120 valence electrons. The molecule has 0 radical (unpaired) electrons. The van der Waals surface area contributed by atoms with Crippen molar-refractivity contribution in [2.45, 2.75) is 65.8 Å². The second kappa shape index (κ2) is 8.38. The zero-order valence-corrected chi connectivity index (χ0v) is 14.7. The van der Waals surface area contributed by atoms with Crippen LogP contribution < -0.4 is 5.32 Å². The maximum Gasteiger partial charge on any atom is 0.126 e. The zero-order valence-electron chi connectivity index (χ0n) is 14.7. The molecule has 0 spiro atoms. The SMILES string of the molecule is CCN(CC)CCCC(C)Nc1ccc(C(C)(C)C)cn1. The summed E-state index contributed by atoms with van der Waals surface area (Å²) in [5, 5.41) is 3.50. The molecule has 1 rings (SSSR count). The van der Waals surface area contributed by atoms with Gasteiger partial charge in [-0.3, -0.25) is 0 Å². The Hall–Kier alpha value is -1.09. The van der Waals surface area contributed by atoms with Gasteiger partial charge in [0.25, 0.3) is 0 Å². The largest absolute Gasteiger partial charge is 0.368 e. The highest BCUT2D eigenvalue weighted by Crippen LogP contribution is 2.22. The Kier molecular flexibility index (Phi) is 7.16. The van der Waals surface area contributed by atoms with Gasteiger partial charge in [0.1, 0.15) is 5.82 Å². The van der Waals surface area contributed by atoms with E-state index in [-0.39, 0.29) is 5.41 Å². The number of rotatable bonds is 8. The van der Waals surface area contributed by atoms with Gasteiger partial charge in [0.15, 0.2) is 0 Å². The van der Waals surface area contributed by atoms with Crippen molar-refractivity contribution in [3.05, 3.63) is 23.9 Å². The predicted molar refractivity (Wildman–Crippen MR) is 93.0 cm³/mol. The highest BCUT2D eigenvalue weighted by atomic mass is 15.1. The van der Waals surface area contributed by atoms with Gasteiger partial charge in [-0.2, -0.15) is 0 Å². The lowest BCUT2D eigenvalue weighted by Crippen LogP contribution is -2.25. The number of nitrogens with zero attached hydrogens (tertiary/aromatic N) is 2. The first-order chi connectivity index (χ1) is 9.86. The Bertz CT molecular complexity index is 388. The van der Waals surface area contributed by atoms with Gasteiger partial charge in [0.2, 0.25) is 0 Å². The molecular weight excluding hydrogens is 258 g/mol. The van der Waals surface area contributed by atoms with E-state index in [1.54, 1.807) is 0 Å². The van der Waals surface area contributed by atoms with Crippen LogP contribution in [0.3, 0.4) is 0 Å². The monoisotopic (exact) mass is 291 g/mol. The maximum atomic E-state index is 4.54. The molecule has 0 fully saturated rings. The van der Waals surface area contributed by atoms with Crippen LogP contribution in [0, 0.1) is 0 Å². The van der Waals surface area contributed by atoms with Crippen LogP contribution in [0.25, 0.3) is 0 Å². The second-order valence-corrected chi connectivity index (χ2v) is 6.90. The number of aromatic nitrogens is 1. The predicted octanol–water partition coefficient (Wildman–Crippen LogP) is 4.30. The van der Waals surface area contributed by atoms with Gasteiger partial charge in [0, 0.05) is 12.2 Å². The van der Waals surface area contributed by atoms with Crippen LogP contribution in [0.5, 0.6) is 0 Å². The Balaban J connectivity index is 2.39. The summed E-state index contributed by atoms with van der Waals surface area (Å²) in [6, 6.07) is 4.74. The van der Waals surface area contributed by atoms with Crippen LogP contribution in [0.2, 0.25) is 0 Å². The van der Waals surface area contributed by atoms with E-state index >= 15 is 0 Å². The van der Waals surface area contributed by atoms with Gasteiger partial charge in [-0.25, -0.2) is 4.98 Å². The number of nitrogens with one attached hydrogen (secondary N) is 1. The van der Waals surface area contributed by atoms with Crippen molar-refractivity contribution < 1.29 is 0 Å². The molecule has 21 heavy (non-hydrogen) atoms. The molecule has 0 bridgehead atoms. The van der Waals surface area contributed by atoms with Gasteiger partial charge in [-0.05, 0) is 56.4 Å². The molecule has 1 unspecified atom stereocenters. The topological polar surface area (TPSA) is 28.2 Å². The maximum absolute atomic E-state index is 4.54. The van der Waals surface area contributed by atoms with E-state index in [9.17, 15) is 0 Å². The smallest absolute Gasteiger partial charge is 0.126 e. The number of hydrogen-bond donors (Lipinski definition) is 1. The van der Waals surface area contributed by atoms with Crippen molar-refractivity contribution in [2.75, 3.05) is 25.0 Å². The molecule has 0 saturated carbocycles. The summed E-state index contributed by atoms with van der Waals surface area (Å²) in [7, 11) is 0. The summed E-state index contributed by atoms with van der Waals surface area (Å²) >= 11 is 0. The van der Waals surface area contributed by atoms with E-state index in [0.717, 1.165) is 18.9 Å². The van der Waals surface area contributed by atoms with Crippen LogP contribution in [-0.2, 0) is 5.41 Å². The molecule has 3 heteroatoms. The fourth-order valence-corrected chi connectivity index (χ4v) is 2.41. The summed E-state index contributed by atoms with van der Waals surface area (Å²) in [4.78, 5) is 7.01. The van der Waals surface area contributed by atoms with Crippen molar-refractivity contribution in [1.82, 2.24) is 9.88 Å². The van der Waals surface area contributed by atoms with Crippen LogP contribution in [0.1, 0.15) is 59.9 Å². The Labute approximate surface area is 131 Å². The molecule has 0 aliphatic rings. The summed E-state index contributed by atoms with van der Waals surface area (Å²) < 4.78 is 0. The molecule has 1 aromatic heterocycles. The molecule has 1 atom stereocenters. The fraction of sp³-hybridized carbons (Fsp3) is 0.722. The third-order valence-corrected chi connectivity index (χ3v) is 4.03. The minimum Gasteiger partial charge on any atom is -0.368 e. The van der Waals surface area contributed by atoms with Crippen LogP contribution >= 0.6 is 0 Å². The van der Waals surface area contributed by atoms with Gasteiger partial charge in [-0.15, -0.1) is 0 Å². The van der Waals surface area contributed by atoms with Crippen LogP contribution in [-0.4, -0.2) is 35.6 Å². The van der Waals surface area contributed by atoms with E-state index in [1.807, 2.05) is 6.20 Å². The van der Waals surface area contributed by atoms with Gasteiger partial charge in [0.05, 0.1) is 0 Å². The second-order valence-electron chi connectivity index (χ2n) is 6.90. The highest BCUT2D eigenvalue weighted by molar-refractivity contribution is 5.37. The Morgan fingerprint density at radius 2 is 1.86 bits per heavy atom. The standard InChI is InChI=1S/C18H33N3/c1-7-21(8-2)13-9-10-15(3)20-17-12-11-16(14-19-17)18(4,5)6/h11-12,14-15H,7-10,13H2,1-6H3,(H,19,20). The molecule has 3 nitrogen and oxygen atoms in total. The lowest BCUT2D eigenvalue weighted by Gasteiger charge is -2.21. The van der Waals surface area contributed by atoms with E-state index in [1.165, 1.54) is 24.9 Å². The van der Waals surface area contributed by atoms with Gasteiger partial charge < -0.3 is 10.2 Å². The molecule has 1 N–H and O–H groups in total. The van der Waals surface area contributed by atoms with E-state index in [0.29, 0.717) is 6.04 Å². The van der Waals surface area contributed by atoms with Crippen molar-refractivity contribution >= 4 is 5.82 Å². The summed E-state index contributed by atoms with van der Waals surface area (Å²) in [6.45, 7) is 16.8. The lowest BCUT2D eigenvalue weighted by molar-refractivity contribution is 0.295. The van der Waals surface area contributed by atoms with Crippen molar-refractivity contribution in [3.8, 4) is 0 Å².